The first-order valence-corrected chi connectivity index (χ1v) is 41.5. The third kappa shape index (κ3) is 51.6. The summed E-state index contributed by atoms with van der Waals surface area (Å²) in [5.74, 6) is 0. The van der Waals surface area contributed by atoms with Crippen molar-refractivity contribution in [3.05, 3.63) is 0 Å². The van der Waals surface area contributed by atoms with Crippen LogP contribution in [0.2, 0.25) is 0 Å². The summed E-state index contributed by atoms with van der Waals surface area (Å²) in [6, 6.07) is 0. The van der Waals surface area contributed by atoms with Crippen LogP contribution in [0.15, 0.2) is 0 Å². The van der Waals surface area contributed by atoms with Crippen LogP contribution in [-0.4, -0.2) is 0 Å². The minimum Gasteiger partial charge on any atom is 1.00 e. The molecule has 0 saturated heterocycles. The molecule has 53 valence electrons. The SMILES string of the molecule is [I][Ir-2]([I])([I])([I])([I])[I].[Na+].[Na+]. The Labute approximate surface area is 162 Å². The Kier molecular flexibility index (Phi) is 14.4. The number of rotatable bonds is 0. The Bertz CT molecular complexity index is 69.6. The molecule has 0 aliphatic carbocycles. The summed E-state index contributed by atoms with van der Waals surface area (Å²) in [5.41, 5.74) is 0. The van der Waals surface area contributed by atoms with Crippen LogP contribution >= 0.6 is 118 Å². The second-order valence-corrected chi connectivity index (χ2v) is 263. The van der Waals surface area contributed by atoms with Crippen molar-refractivity contribution in [2.75, 3.05) is 0 Å². The van der Waals surface area contributed by atoms with Crippen LogP contribution in [0.3, 0.4) is 0 Å². The molecule has 0 saturated carbocycles. The second-order valence-electron chi connectivity index (χ2n) is 0.714. The van der Waals surface area contributed by atoms with E-state index in [4.69, 9.17) is 0 Å². The van der Waals surface area contributed by atoms with E-state index in [0.717, 1.165) is 0 Å². The summed E-state index contributed by atoms with van der Waals surface area (Å²) in [7, 11) is 0. The van der Waals surface area contributed by atoms with Crippen molar-refractivity contribution in [2.24, 2.45) is 0 Å². The van der Waals surface area contributed by atoms with Gasteiger partial charge in [-0.1, -0.05) is 0 Å². The van der Waals surface area contributed by atoms with Crippen LogP contribution < -0.4 is 59.1 Å². The molecule has 0 spiro atoms. The molecular weight excluding hydrogens is 1000 g/mol. The van der Waals surface area contributed by atoms with Gasteiger partial charge in [-0.25, -0.2) is 0 Å². The predicted molar refractivity (Wildman–Crippen MR) is 84.1 cm³/mol. The van der Waals surface area contributed by atoms with Crippen molar-refractivity contribution >= 4 is 118 Å². The first-order valence-electron chi connectivity index (χ1n) is 0.756. The fourth-order valence-electron chi connectivity index (χ4n) is 0. The molecule has 0 aromatic rings. The fraction of sp³-hybridized carbons (Fsp3) is 0. The molecule has 9 heteroatoms. The van der Waals surface area contributed by atoms with Crippen molar-refractivity contribution in [2.45, 2.75) is 0 Å². The summed E-state index contributed by atoms with van der Waals surface area (Å²) in [4.78, 5) is 0. The van der Waals surface area contributed by atoms with E-state index < -0.39 is -8.61 Å². The van der Waals surface area contributed by atoms with Crippen LogP contribution in [0, 0.1) is 0 Å². The van der Waals surface area contributed by atoms with Crippen molar-refractivity contribution in [1.82, 2.24) is 0 Å². The van der Waals surface area contributed by atoms with E-state index in [1.165, 1.54) is 0 Å². The largest absolute Gasteiger partial charge is 1.00 e. The van der Waals surface area contributed by atoms with Gasteiger partial charge in [0.1, 0.15) is 0 Å². The predicted octanol–water partition coefficient (Wildman–Crippen LogP) is -0.680. The first kappa shape index (κ1) is 21.3. The summed E-state index contributed by atoms with van der Waals surface area (Å²) in [5, 5.41) is 0. The Balaban J connectivity index is -0.000000180. The van der Waals surface area contributed by atoms with Gasteiger partial charge in [0.2, 0.25) is 0 Å². The van der Waals surface area contributed by atoms with Gasteiger partial charge >= 0.3 is 168 Å². The van der Waals surface area contributed by atoms with Crippen molar-refractivity contribution in [3.63, 3.8) is 0 Å². The quantitative estimate of drug-likeness (QED) is 0.224. The Morgan fingerprint density at radius 2 is 0.556 bits per heavy atom. The summed E-state index contributed by atoms with van der Waals surface area (Å²) < 4.78 is -2.35. The molecule has 0 fully saturated rings. The maximum atomic E-state index is 2.57. The first-order chi connectivity index (χ1) is 2.45. The van der Waals surface area contributed by atoms with Gasteiger partial charge in [0.25, 0.3) is 0 Å². The maximum Gasteiger partial charge on any atom is 1.00 e. The number of hydrogen-bond acceptors (Lipinski definition) is 0. The maximum absolute atomic E-state index is 2.57. The van der Waals surface area contributed by atoms with Crippen molar-refractivity contribution in [3.8, 4) is 0 Å². The fourth-order valence-corrected chi connectivity index (χ4v) is 0. The van der Waals surface area contributed by atoms with Crippen LogP contribution in [0.25, 0.3) is 0 Å². The number of halogens is 6. The topological polar surface area (TPSA) is 0 Å². The van der Waals surface area contributed by atoms with Gasteiger partial charge in [0.15, 0.2) is 0 Å². The van der Waals surface area contributed by atoms with E-state index in [2.05, 4.69) is 118 Å². The van der Waals surface area contributed by atoms with Gasteiger partial charge < -0.3 is 0 Å². The third-order valence-electron chi connectivity index (χ3n) is 0. The summed E-state index contributed by atoms with van der Waals surface area (Å²) in [6.45, 7) is 0. The molecule has 0 aromatic carbocycles. The molecule has 9 heavy (non-hydrogen) atoms. The second kappa shape index (κ2) is 6.10. The van der Waals surface area contributed by atoms with Gasteiger partial charge in [-0.15, -0.1) is 0 Å². The molecule has 0 atom stereocenters. The van der Waals surface area contributed by atoms with Crippen LogP contribution in [0.4, 0.5) is 0 Å². The van der Waals surface area contributed by atoms with Gasteiger partial charge in [-0.05, 0) is 0 Å². The van der Waals surface area contributed by atoms with E-state index >= 15 is 0 Å². The van der Waals surface area contributed by atoms with E-state index in [9.17, 15) is 0 Å². The molecule has 0 bridgehead atoms. The third-order valence-corrected chi connectivity index (χ3v) is 0. The van der Waals surface area contributed by atoms with Gasteiger partial charge in [-0.3, -0.25) is 0 Å². The van der Waals surface area contributed by atoms with Gasteiger partial charge in [-0.2, -0.15) is 0 Å². The molecule has 0 radical (unpaired) electrons. The zero-order chi connectivity index (χ0) is 6.41. The van der Waals surface area contributed by atoms with Crippen LogP contribution in [0.5, 0.6) is 0 Å². The van der Waals surface area contributed by atoms with Gasteiger partial charge in [0, 0.05) is 0 Å². The van der Waals surface area contributed by atoms with E-state index in [0.29, 0.717) is 0 Å². The molecule has 0 unspecified atom stereocenters. The van der Waals surface area contributed by atoms with Crippen molar-refractivity contribution < 1.29 is 50.5 Å². The molecule has 0 heterocycles. The molecule has 0 aliphatic heterocycles. The molecule has 0 N–H and O–H groups in total. The zero-order valence-electron chi connectivity index (χ0n) is 4.60. The van der Waals surface area contributed by atoms with E-state index in [-0.39, 0.29) is 59.1 Å². The molecule has 0 amide bonds. The monoisotopic (exact) mass is 1000 g/mol. The Morgan fingerprint density at radius 3 is 0.556 bits per heavy atom. The molecule has 0 aliphatic rings. The van der Waals surface area contributed by atoms with Crippen molar-refractivity contribution in [1.29, 1.82) is 0 Å². The van der Waals surface area contributed by atoms with E-state index in [1.54, 1.807) is 0 Å². The minimum atomic E-state index is -2.35. The average Bonchev–Trinajstić information content (AvgIpc) is 0.592. The minimum absolute atomic E-state index is 0. The van der Waals surface area contributed by atoms with Gasteiger partial charge in [0.05, 0.1) is 0 Å². The van der Waals surface area contributed by atoms with Crippen LogP contribution in [0.1, 0.15) is 0 Å². The summed E-state index contributed by atoms with van der Waals surface area (Å²) in [6.07, 6.45) is 0. The summed E-state index contributed by atoms with van der Waals surface area (Å²) >= 11 is 15.4. The molecular formula is I6IrNa2. The number of hydrogen-bond donors (Lipinski definition) is 0. The van der Waals surface area contributed by atoms with Crippen LogP contribution in [-0.2, 0) is -8.61 Å². The Hall–Kier alpha value is 7.03. The smallest absolute Gasteiger partial charge is 1.00 e. The molecule has 0 nitrogen and oxygen atoms in total. The standard InChI is InChI=1S/6HI.Ir.2Na/h6*1H;;;/q;;;;;;+4;2*+1/p-6. The zero-order valence-corrected chi connectivity index (χ0v) is 23.9. The van der Waals surface area contributed by atoms with E-state index in [1.807, 2.05) is 0 Å². The Morgan fingerprint density at radius 1 is 0.556 bits per heavy atom. The molecule has 0 rings (SSSR count). The average molecular weight is 1000 g/mol. The normalized spacial score (nSPS) is 18.0. The molecule has 0 aromatic heterocycles.